The van der Waals surface area contributed by atoms with Crippen LogP contribution in [0.4, 0.5) is 0 Å². The van der Waals surface area contributed by atoms with Gasteiger partial charge in [0, 0.05) is 24.5 Å². The predicted molar refractivity (Wildman–Crippen MR) is 79.5 cm³/mol. The van der Waals surface area contributed by atoms with Gasteiger partial charge in [0.1, 0.15) is 6.29 Å². The smallest absolute Gasteiger partial charge is 0.119 e. The highest BCUT2D eigenvalue weighted by molar-refractivity contribution is 5.48. The van der Waals surface area contributed by atoms with Crippen LogP contribution in [0.2, 0.25) is 0 Å². The molecule has 3 N–H and O–H groups in total. The van der Waals surface area contributed by atoms with Crippen molar-refractivity contribution in [2.24, 2.45) is 10.8 Å². The number of aliphatic hydroxyl groups is 1. The molecule has 0 aliphatic heterocycles. The minimum absolute atomic E-state index is 0.250. The zero-order valence-corrected chi connectivity index (χ0v) is 12.9. The van der Waals surface area contributed by atoms with Crippen LogP contribution in [0.3, 0.4) is 0 Å². The van der Waals surface area contributed by atoms with Gasteiger partial charge in [-0.3, -0.25) is 0 Å². The topological polar surface area (TPSA) is 112 Å². The summed E-state index contributed by atoms with van der Waals surface area (Å²) in [5, 5.41) is 10.7. The number of hydrogen-bond acceptors (Lipinski definition) is 4. The number of hydrogen-bond donors (Lipinski definition) is 2. The van der Waals surface area contributed by atoms with E-state index in [1.807, 2.05) is 13.8 Å². The molecule has 0 aromatic rings. The van der Waals surface area contributed by atoms with Gasteiger partial charge in [-0.2, -0.15) is 0 Å². The average molecular weight is 264 g/mol. The Morgan fingerprint density at radius 2 is 1.44 bits per heavy atom. The van der Waals surface area contributed by atoms with Crippen molar-refractivity contribution in [3.8, 4) is 0 Å². The van der Waals surface area contributed by atoms with E-state index >= 15 is 0 Å². The third-order valence-corrected chi connectivity index (χ3v) is 0.371. The molecule has 0 rings (SSSR count). The largest absolute Gasteiger partial charge is 0.397 e. The fraction of sp³-hybridized carbons (Fsp3) is 0.917. The lowest BCUT2D eigenvalue weighted by Gasteiger charge is -1.57. The number of rotatable bonds is 2. The number of azide groups is 1. The second-order valence-corrected chi connectivity index (χ2v) is 2.55. The molecular weight excluding hydrogens is 232 g/mol. The summed E-state index contributed by atoms with van der Waals surface area (Å²) in [7, 11) is 0. The molecule has 0 aliphatic rings. The van der Waals surface area contributed by atoms with Crippen molar-refractivity contribution in [3.63, 3.8) is 0 Å². The summed E-state index contributed by atoms with van der Waals surface area (Å²) >= 11 is 0. The van der Waals surface area contributed by atoms with Crippen molar-refractivity contribution in [2.45, 2.75) is 54.4 Å². The van der Waals surface area contributed by atoms with E-state index in [0.29, 0.717) is 13.0 Å². The maximum atomic E-state index is 9.17. The highest BCUT2D eigenvalue weighted by Gasteiger charge is 1.52. The molecule has 0 aromatic heterocycles. The van der Waals surface area contributed by atoms with Crippen LogP contribution in [-0.4, -0.2) is 31.1 Å². The molecule has 0 unspecified atom stereocenters. The highest BCUT2D eigenvalue weighted by atomic mass is 16.2. The van der Waals surface area contributed by atoms with Gasteiger partial charge < -0.3 is 15.6 Å². The Morgan fingerprint density at radius 3 is 1.44 bits per heavy atom. The summed E-state index contributed by atoms with van der Waals surface area (Å²) in [6.45, 7) is 13.0. The van der Waals surface area contributed by atoms with Crippen molar-refractivity contribution >= 4 is 6.29 Å². The van der Waals surface area contributed by atoms with Gasteiger partial charge in [0.05, 0.1) is 0 Å². The summed E-state index contributed by atoms with van der Waals surface area (Å²) < 4.78 is 0. The van der Waals surface area contributed by atoms with Crippen molar-refractivity contribution in [1.82, 2.24) is 0 Å². The van der Waals surface area contributed by atoms with Crippen molar-refractivity contribution < 1.29 is 9.90 Å². The van der Waals surface area contributed by atoms with Gasteiger partial charge in [0.25, 0.3) is 0 Å². The van der Waals surface area contributed by atoms with E-state index < -0.39 is 0 Å². The van der Waals surface area contributed by atoms with Crippen LogP contribution < -0.4 is 5.73 Å². The first-order chi connectivity index (χ1) is 8.57. The van der Waals surface area contributed by atoms with Crippen molar-refractivity contribution in [1.29, 1.82) is 0 Å². The molecule has 6 heteroatoms. The van der Waals surface area contributed by atoms with Crippen LogP contribution in [0.15, 0.2) is 5.11 Å². The summed E-state index contributed by atoms with van der Waals surface area (Å²) in [6, 6.07) is 0. The fourth-order valence-electron chi connectivity index (χ4n) is 0.0632. The Bertz CT molecular complexity index is 133. The van der Waals surface area contributed by atoms with Crippen LogP contribution in [0.5, 0.6) is 0 Å². The van der Waals surface area contributed by atoms with Gasteiger partial charge in [0.2, 0.25) is 0 Å². The minimum atomic E-state index is 0.250. The monoisotopic (exact) mass is 264 g/mol. The Balaban J connectivity index is -0.0000000400. The first-order valence-electron chi connectivity index (χ1n) is 6.33. The molecule has 0 bridgehead atoms. The van der Waals surface area contributed by atoms with E-state index in [0.717, 1.165) is 12.8 Å². The standard InChI is InChI=1S/C3H6O.C3H8.C2H5N3.C2H7N.C2H6O/c1-2-3-4;1-3-2;1-2-4-5-3;2*1-2-3/h3H,2H2,1H3;3H2,1-2H3;2H2,1H3;2-3H2,1H3;3H,2H2,1H3. The third kappa shape index (κ3) is 797. The Kier molecular flexibility index (Phi) is 124. The second-order valence-electron chi connectivity index (χ2n) is 2.55. The maximum absolute atomic E-state index is 9.17. The molecule has 18 heavy (non-hydrogen) atoms. The van der Waals surface area contributed by atoms with Crippen molar-refractivity contribution in [3.05, 3.63) is 10.4 Å². The average Bonchev–Trinajstić information content (AvgIpc) is 2.33. The third-order valence-electron chi connectivity index (χ3n) is 0.371. The van der Waals surface area contributed by atoms with E-state index in [4.69, 9.17) is 16.4 Å². The molecule has 0 aromatic carbocycles. The normalized spacial score (nSPS) is 6.00. The van der Waals surface area contributed by atoms with Gasteiger partial charge >= 0.3 is 0 Å². The van der Waals surface area contributed by atoms with Gasteiger partial charge in [0.15, 0.2) is 0 Å². The molecule has 0 radical (unpaired) electrons. The SMILES string of the molecule is CCC.CCC=O.CCN.CCN=[N+]=[N-].CCO. The van der Waals surface area contributed by atoms with Gasteiger partial charge in [-0.05, 0) is 19.0 Å². The Morgan fingerprint density at radius 1 is 1.22 bits per heavy atom. The van der Waals surface area contributed by atoms with Crippen LogP contribution in [-0.2, 0) is 4.79 Å². The Hall–Kier alpha value is -1.10. The van der Waals surface area contributed by atoms with Gasteiger partial charge in [-0.15, -0.1) is 0 Å². The molecule has 112 valence electrons. The number of nitrogens with zero attached hydrogens (tertiary/aromatic N) is 3. The number of carbonyl (C=O) groups is 1. The summed E-state index contributed by atoms with van der Waals surface area (Å²) in [6.07, 6.45) is 2.76. The minimum Gasteiger partial charge on any atom is -0.397 e. The van der Waals surface area contributed by atoms with Crippen molar-refractivity contribution in [2.75, 3.05) is 19.7 Å². The molecule has 0 saturated carbocycles. The molecular formula is C12H32N4O2. The molecule has 0 spiro atoms. The first-order valence-corrected chi connectivity index (χ1v) is 6.33. The molecule has 0 fully saturated rings. The van der Waals surface area contributed by atoms with E-state index in [2.05, 4.69) is 23.9 Å². The number of aliphatic hydroxyl groups excluding tert-OH is 1. The second kappa shape index (κ2) is 74.1. The van der Waals surface area contributed by atoms with Gasteiger partial charge in [-0.25, -0.2) is 0 Å². The van der Waals surface area contributed by atoms with E-state index in [1.165, 1.54) is 6.42 Å². The van der Waals surface area contributed by atoms with E-state index in [9.17, 15) is 4.79 Å². The van der Waals surface area contributed by atoms with Crippen LogP contribution >= 0.6 is 0 Å². The summed E-state index contributed by atoms with van der Waals surface area (Å²) in [4.78, 5) is 11.7. The number of nitrogens with two attached hydrogens (primary N) is 1. The van der Waals surface area contributed by atoms with Crippen LogP contribution in [0.25, 0.3) is 10.4 Å². The highest BCUT2D eigenvalue weighted by Crippen LogP contribution is 1.61. The fourth-order valence-corrected chi connectivity index (χ4v) is 0.0632. The van der Waals surface area contributed by atoms with Crippen LogP contribution in [0.1, 0.15) is 54.4 Å². The first kappa shape index (κ1) is 30.2. The summed E-state index contributed by atoms with van der Waals surface area (Å²) in [5.74, 6) is 0. The van der Waals surface area contributed by atoms with E-state index in [-0.39, 0.29) is 6.61 Å². The van der Waals surface area contributed by atoms with E-state index in [1.54, 1.807) is 13.8 Å². The zero-order valence-electron chi connectivity index (χ0n) is 12.9. The Labute approximate surface area is 112 Å². The quantitative estimate of drug-likeness (QED) is 0.345. The predicted octanol–water partition coefficient (Wildman–Crippen LogP) is 3.29. The maximum Gasteiger partial charge on any atom is 0.119 e. The molecule has 6 nitrogen and oxygen atoms in total. The number of carbonyl (C=O) groups excluding carboxylic acids is 1. The van der Waals surface area contributed by atoms with Crippen LogP contribution in [0, 0.1) is 0 Å². The molecule has 0 heterocycles. The zero-order chi connectivity index (χ0) is 15.7. The lowest BCUT2D eigenvalue weighted by atomic mass is 10.6. The number of aldehydes is 1. The van der Waals surface area contributed by atoms with Gasteiger partial charge in [-0.1, -0.05) is 46.2 Å². The molecule has 0 saturated heterocycles. The molecule has 0 aliphatic carbocycles. The molecule has 0 amide bonds. The molecule has 0 atom stereocenters. The summed E-state index contributed by atoms with van der Waals surface area (Å²) in [5.41, 5.74) is 12.4. The lowest BCUT2D eigenvalue weighted by molar-refractivity contribution is -0.107. The lowest BCUT2D eigenvalue weighted by Crippen LogP contribution is -1.87.